The molecule has 0 amide bonds. The number of rotatable bonds is 9. The molecule has 0 aliphatic heterocycles. The Hall–Kier alpha value is -1.25. The standard InChI is InChI=1S/C12H23N4O5P/c1-16(2,3)7-9-21-22(18,19)10-20-8-6-15-5-4-11(13)14-12(15)17/h4-5H,6-10H2,1-3H3,(H2-,13,14,17,18,19)/p+1. The Morgan fingerprint density at radius 2 is 2.09 bits per heavy atom. The lowest BCUT2D eigenvalue weighted by Crippen LogP contribution is -2.37. The number of nitrogen functional groups attached to an aromatic ring is 1. The molecular formula is C12H24N4O5P+. The molecule has 0 saturated carbocycles. The van der Waals surface area contributed by atoms with E-state index in [0.29, 0.717) is 11.0 Å². The maximum absolute atomic E-state index is 11.7. The smallest absolute Gasteiger partial charge is 0.353 e. The summed E-state index contributed by atoms with van der Waals surface area (Å²) in [7, 11) is 2.10. The van der Waals surface area contributed by atoms with E-state index in [-0.39, 0.29) is 25.6 Å². The molecule has 1 unspecified atom stereocenters. The monoisotopic (exact) mass is 335 g/mol. The van der Waals surface area contributed by atoms with E-state index in [1.165, 1.54) is 16.8 Å². The number of nitrogens with two attached hydrogens (primary N) is 1. The molecular weight excluding hydrogens is 311 g/mol. The number of hydrogen-bond donors (Lipinski definition) is 2. The van der Waals surface area contributed by atoms with Crippen LogP contribution < -0.4 is 11.4 Å². The SMILES string of the molecule is C[N+](C)(C)CCOP(=O)(O)COCCn1ccc(N)nc1=O. The van der Waals surface area contributed by atoms with Crippen LogP contribution in [-0.4, -0.2) is 66.2 Å². The number of likely N-dealkylation sites (N-methyl/N-ethyl adjacent to an activating group) is 1. The first-order valence-electron chi connectivity index (χ1n) is 6.77. The summed E-state index contributed by atoms with van der Waals surface area (Å²) >= 11 is 0. The number of hydrogen-bond acceptors (Lipinski definition) is 6. The first-order valence-corrected chi connectivity index (χ1v) is 8.53. The predicted molar refractivity (Wildman–Crippen MR) is 82.4 cm³/mol. The van der Waals surface area contributed by atoms with Gasteiger partial charge in [-0.25, -0.2) is 4.79 Å². The van der Waals surface area contributed by atoms with Gasteiger partial charge in [0, 0.05) is 6.20 Å². The Balaban J connectivity index is 2.31. The zero-order chi connectivity index (χ0) is 16.8. The molecule has 0 aliphatic carbocycles. The second-order valence-corrected chi connectivity index (χ2v) is 7.64. The maximum atomic E-state index is 11.7. The van der Waals surface area contributed by atoms with Crippen molar-refractivity contribution in [3.63, 3.8) is 0 Å². The molecule has 126 valence electrons. The minimum atomic E-state index is -3.77. The fourth-order valence-electron chi connectivity index (χ4n) is 1.45. The number of anilines is 1. The van der Waals surface area contributed by atoms with Crippen LogP contribution in [-0.2, 0) is 20.4 Å². The average molecular weight is 335 g/mol. The van der Waals surface area contributed by atoms with Gasteiger partial charge in [0.25, 0.3) is 0 Å². The lowest BCUT2D eigenvalue weighted by atomic mass is 10.5. The Kier molecular flexibility index (Phi) is 6.70. The highest BCUT2D eigenvalue weighted by Crippen LogP contribution is 2.41. The maximum Gasteiger partial charge on any atom is 0.353 e. The number of aromatic nitrogens is 2. The van der Waals surface area contributed by atoms with Crippen LogP contribution in [0.3, 0.4) is 0 Å². The first-order chi connectivity index (χ1) is 10.1. The molecule has 0 bridgehead atoms. The topological polar surface area (TPSA) is 117 Å². The average Bonchev–Trinajstić information content (AvgIpc) is 2.34. The van der Waals surface area contributed by atoms with E-state index in [2.05, 4.69) is 4.98 Å². The molecule has 0 aliphatic rings. The summed E-state index contributed by atoms with van der Waals surface area (Å²) in [4.78, 5) is 24.6. The molecule has 0 radical (unpaired) electrons. The molecule has 0 spiro atoms. The van der Waals surface area contributed by atoms with Gasteiger partial charge in [0.1, 0.15) is 25.3 Å². The summed E-state index contributed by atoms with van der Waals surface area (Å²) < 4.78 is 23.7. The second-order valence-electron chi connectivity index (χ2n) is 5.85. The third-order valence-corrected chi connectivity index (χ3v) is 3.78. The lowest BCUT2D eigenvalue weighted by Gasteiger charge is -2.24. The molecule has 0 saturated heterocycles. The summed E-state index contributed by atoms with van der Waals surface area (Å²) in [5.74, 6) is 0.146. The molecule has 10 heteroatoms. The van der Waals surface area contributed by atoms with E-state index in [1.54, 1.807) is 0 Å². The number of nitrogens with zero attached hydrogens (tertiary/aromatic N) is 3. The van der Waals surface area contributed by atoms with Gasteiger partial charge < -0.3 is 24.4 Å². The fraction of sp³-hybridized carbons (Fsp3) is 0.667. The van der Waals surface area contributed by atoms with Crippen LogP contribution >= 0.6 is 7.60 Å². The van der Waals surface area contributed by atoms with Gasteiger partial charge in [-0.15, -0.1) is 0 Å². The highest BCUT2D eigenvalue weighted by Gasteiger charge is 2.21. The van der Waals surface area contributed by atoms with Gasteiger partial charge >= 0.3 is 13.3 Å². The molecule has 22 heavy (non-hydrogen) atoms. The Bertz CT molecular complexity index is 584. The Morgan fingerprint density at radius 3 is 2.68 bits per heavy atom. The van der Waals surface area contributed by atoms with Crippen molar-refractivity contribution < 1.29 is 23.2 Å². The van der Waals surface area contributed by atoms with Crippen molar-refractivity contribution in [1.82, 2.24) is 9.55 Å². The normalized spacial score (nSPS) is 14.7. The van der Waals surface area contributed by atoms with E-state index in [0.717, 1.165) is 0 Å². The van der Waals surface area contributed by atoms with Crippen LogP contribution in [0.4, 0.5) is 5.82 Å². The van der Waals surface area contributed by atoms with Gasteiger partial charge in [0.15, 0.2) is 0 Å². The van der Waals surface area contributed by atoms with Crippen LogP contribution in [0.15, 0.2) is 17.1 Å². The van der Waals surface area contributed by atoms with E-state index in [4.69, 9.17) is 15.0 Å². The molecule has 1 aromatic rings. The summed E-state index contributed by atoms with van der Waals surface area (Å²) in [6, 6.07) is 1.49. The quantitative estimate of drug-likeness (QED) is 0.362. The molecule has 1 atom stereocenters. The predicted octanol–water partition coefficient (Wildman–Crippen LogP) is -0.292. The first kappa shape index (κ1) is 18.8. The van der Waals surface area contributed by atoms with Crippen LogP contribution in [0, 0.1) is 0 Å². The van der Waals surface area contributed by atoms with Gasteiger partial charge in [-0.2, -0.15) is 4.98 Å². The van der Waals surface area contributed by atoms with Crippen molar-refractivity contribution in [3.05, 3.63) is 22.7 Å². The molecule has 1 rings (SSSR count). The molecule has 0 aromatic carbocycles. The van der Waals surface area contributed by atoms with E-state index in [9.17, 15) is 14.3 Å². The van der Waals surface area contributed by atoms with Crippen LogP contribution in [0.25, 0.3) is 0 Å². The Labute approximate surface area is 129 Å². The molecule has 9 nitrogen and oxygen atoms in total. The molecule has 1 aromatic heterocycles. The van der Waals surface area contributed by atoms with E-state index >= 15 is 0 Å². The summed E-state index contributed by atoms with van der Waals surface area (Å²) in [5.41, 5.74) is 4.88. The van der Waals surface area contributed by atoms with Gasteiger partial charge in [-0.3, -0.25) is 9.13 Å². The van der Waals surface area contributed by atoms with Gasteiger partial charge in [0.2, 0.25) is 0 Å². The fourth-order valence-corrected chi connectivity index (χ4v) is 2.25. The third-order valence-electron chi connectivity index (χ3n) is 2.68. The van der Waals surface area contributed by atoms with E-state index < -0.39 is 19.6 Å². The summed E-state index contributed by atoms with van der Waals surface area (Å²) in [6.45, 7) is 1.08. The number of quaternary nitrogens is 1. The Morgan fingerprint density at radius 1 is 1.41 bits per heavy atom. The van der Waals surface area contributed by atoms with Crippen molar-refractivity contribution in [2.24, 2.45) is 0 Å². The molecule has 3 N–H and O–H groups in total. The van der Waals surface area contributed by atoms with Crippen molar-refractivity contribution in [3.8, 4) is 0 Å². The van der Waals surface area contributed by atoms with Crippen molar-refractivity contribution in [2.45, 2.75) is 6.54 Å². The lowest BCUT2D eigenvalue weighted by molar-refractivity contribution is -0.870. The van der Waals surface area contributed by atoms with Gasteiger partial charge in [-0.05, 0) is 6.07 Å². The minimum Gasteiger partial charge on any atom is -0.383 e. The van der Waals surface area contributed by atoms with Crippen LogP contribution in [0.2, 0.25) is 0 Å². The largest absolute Gasteiger partial charge is 0.383 e. The summed E-state index contributed by atoms with van der Waals surface area (Å²) in [5, 5.41) is 0. The highest BCUT2D eigenvalue weighted by atomic mass is 31.2. The minimum absolute atomic E-state index is 0.0920. The van der Waals surface area contributed by atoms with Gasteiger partial charge in [0.05, 0.1) is 34.3 Å². The zero-order valence-electron chi connectivity index (χ0n) is 13.1. The molecule has 1 heterocycles. The van der Waals surface area contributed by atoms with Crippen LogP contribution in [0.1, 0.15) is 0 Å². The second kappa shape index (κ2) is 7.85. The van der Waals surface area contributed by atoms with Crippen molar-refractivity contribution in [2.75, 3.05) is 53.0 Å². The van der Waals surface area contributed by atoms with E-state index in [1.807, 2.05) is 21.1 Å². The molecule has 0 fully saturated rings. The van der Waals surface area contributed by atoms with Crippen molar-refractivity contribution in [1.29, 1.82) is 0 Å². The van der Waals surface area contributed by atoms with Crippen LogP contribution in [0.5, 0.6) is 0 Å². The zero-order valence-corrected chi connectivity index (χ0v) is 14.0. The highest BCUT2D eigenvalue weighted by molar-refractivity contribution is 7.52. The number of ether oxygens (including phenoxy) is 1. The third kappa shape index (κ3) is 7.67. The van der Waals surface area contributed by atoms with Gasteiger partial charge in [-0.1, -0.05) is 0 Å². The van der Waals surface area contributed by atoms with Crippen molar-refractivity contribution >= 4 is 13.4 Å². The summed E-state index contributed by atoms with van der Waals surface area (Å²) in [6.07, 6.45) is 1.08.